The van der Waals surface area contributed by atoms with E-state index in [9.17, 15) is 0 Å². The largest absolute Gasteiger partial charge is 0.448 e. The molecule has 0 fully saturated rings. The normalized spacial score (nSPS) is 11.0. The standard InChI is InChI=1S/C6H2Br2OS/c7-5-2-4-3(9-5)1-6(8)10-4/h1-2H. The van der Waals surface area contributed by atoms with Crippen LogP contribution in [0.15, 0.2) is 25.0 Å². The lowest BCUT2D eigenvalue weighted by Gasteiger charge is -1.73. The van der Waals surface area contributed by atoms with Gasteiger partial charge in [0.15, 0.2) is 4.67 Å². The zero-order valence-corrected chi connectivity index (χ0v) is 8.72. The first kappa shape index (κ1) is 6.88. The first-order chi connectivity index (χ1) is 4.75. The Morgan fingerprint density at radius 1 is 1.30 bits per heavy atom. The summed E-state index contributed by atoms with van der Waals surface area (Å²) in [5.41, 5.74) is 0.934. The molecule has 10 heavy (non-hydrogen) atoms. The summed E-state index contributed by atoms with van der Waals surface area (Å²) in [6.45, 7) is 0. The molecule has 4 heteroatoms. The molecule has 0 amide bonds. The minimum atomic E-state index is 0.793. The summed E-state index contributed by atoms with van der Waals surface area (Å²) < 4.78 is 8.35. The van der Waals surface area contributed by atoms with Crippen LogP contribution in [0.25, 0.3) is 10.3 Å². The van der Waals surface area contributed by atoms with Gasteiger partial charge in [-0.1, -0.05) is 0 Å². The molecule has 0 aromatic carbocycles. The Morgan fingerprint density at radius 3 is 2.80 bits per heavy atom. The van der Waals surface area contributed by atoms with Crippen LogP contribution in [0.4, 0.5) is 0 Å². The van der Waals surface area contributed by atoms with Crippen molar-refractivity contribution in [2.45, 2.75) is 0 Å². The van der Waals surface area contributed by atoms with E-state index in [1.54, 1.807) is 11.3 Å². The number of fused-ring (bicyclic) bond motifs is 1. The van der Waals surface area contributed by atoms with Crippen molar-refractivity contribution in [1.82, 2.24) is 0 Å². The molecule has 0 unspecified atom stereocenters. The van der Waals surface area contributed by atoms with Gasteiger partial charge in [0, 0.05) is 12.1 Å². The molecule has 2 aromatic rings. The van der Waals surface area contributed by atoms with Crippen molar-refractivity contribution in [1.29, 1.82) is 0 Å². The van der Waals surface area contributed by atoms with Gasteiger partial charge >= 0.3 is 0 Å². The van der Waals surface area contributed by atoms with Crippen LogP contribution in [-0.2, 0) is 0 Å². The van der Waals surface area contributed by atoms with Crippen molar-refractivity contribution >= 4 is 53.5 Å². The highest BCUT2D eigenvalue weighted by atomic mass is 79.9. The fourth-order valence-corrected chi connectivity index (χ4v) is 2.81. The quantitative estimate of drug-likeness (QED) is 0.711. The number of hydrogen-bond acceptors (Lipinski definition) is 2. The highest BCUT2D eigenvalue weighted by Crippen LogP contribution is 2.33. The molecule has 2 heterocycles. The van der Waals surface area contributed by atoms with Crippen LogP contribution in [0, 0.1) is 0 Å². The summed E-state index contributed by atoms with van der Waals surface area (Å²) in [7, 11) is 0. The van der Waals surface area contributed by atoms with Gasteiger partial charge in [0.05, 0.1) is 8.49 Å². The van der Waals surface area contributed by atoms with Crippen LogP contribution in [0.5, 0.6) is 0 Å². The van der Waals surface area contributed by atoms with Gasteiger partial charge in [0.2, 0.25) is 0 Å². The summed E-state index contributed by atoms with van der Waals surface area (Å²) in [5.74, 6) is 0. The van der Waals surface area contributed by atoms with E-state index >= 15 is 0 Å². The second-order valence-electron chi connectivity index (χ2n) is 1.83. The minimum absolute atomic E-state index is 0.793. The van der Waals surface area contributed by atoms with Gasteiger partial charge in [0.25, 0.3) is 0 Å². The highest BCUT2D eigenvalue weighted by Gasteiger charge is 2.03. The van der Waals surface area contributed by atoms with Crippen molar-refractivity contribution in [3.05, 3.63) is 20.6 Å². The first-order valence-corrected chi connectivity index (χ1v) is 5.00. The van der Waals surface area contributed by atoms with E-state index in [4.69, 9.17) is 4.42 Å². The Kier molecular flexibility index (Phi) is 1.62. The molecule has 0 radical (unpaired) electrons. The van der Waals surface area contributed by atoms with Gasteiger partial charge in [-0.15, -0.1) is 11.3 Å². The fourth-order valence-electron chi connectivity index (χ4n) is 0.777. The maximum absolute atomic E-state index is 5.29. The monoisotopic (exact) mass is 280 g/mol. The molecule has 0 spiro atoms. The van der Waals surface area contributed by atoms with Crippen molar-refractivity contribution in [2.75, 3.05) is 0 Å². The molecule has 1 nitrogen and oxygen atoms in total. The summed E-state index contributed by atoms with van der Waals surface area (Å²) >= 11 is 8.29. The lowest BCUT2D eigenvalue weighted by molar-refractivity contribution is 0.588. The number of hydrogen-bond donors (Lipinski definition) is 0. The van der Waals surface area contributed by atoms with Gasteiger partial charge in [-0.25, -0.2) is 0 Å². The van der Waals surface area contributed by atoms with Gasteiger partial charge in [-0.3, -0.25) is 0 Å². The van der Waals surface area contributed by atoms with Crippen LogP contribution in [0.3, 0.4) is 0 Å². The molecular weight excluding hydrogens is 280 g/mol. The molecule has 2 aromatic heterocycles. The molecular formula is C6H2Br2OS. The van der Waals surface area contributed by atoms with E-state index < -0.39 is 0 Å². The van der Waals surface area contributed by atoms with Gasteiger partial charge < -0.3 is 4.42 Å². The van der Waals surface area contributed by atoms with E-state index in [1.165, 1.54) is 4.70 Å². The number of furan rings is 1. The molecule has 0 aliphatic heterocycles. The van der Waals surface area contributed by atoms with E-state index in [0.29, 0.717) is 0 Å². The average molecular weight is 282 g/mol. The summed E-state index contributed by atoms with van der Waals surface area (Å²) in [6, 6.07) is 3.93. The lowest BCUT2D eigenvalue weighted by atomic mass is 10.5. The van der Waals surface area contributed by atoms with Crippen LogP contribution >= 0.6 is 43.2 Å². The van der Waals surface area contributed by atoms with E-state index in [-0.39, 0.29) is 0 Å². The Hall–Kier alpha value is 0.200. The molecule has 0 N–H and O–H groups in total. The van der Waals surface area contributed by atoms with Crippen LogP contribution < -0.4 is 0 Å². The van der Waals surface area contributed by atoms with Crippen molar-refractivity contribution in [3.8, 4) is 0 Å². The third-order valence-corrected chi connectivity index (χ3v) is 3.10. The summed E-state index contributed by atoms with van der Waals surface area (Å²) in [4.78, 5) is 0. The van der Waals surface area contributed by atoms with Crippen molar-refractivity contribution < 1.29 is 4.42 Å². The Balaban J connectivity index is 2.83. The second kappa shape index (κ2) is 2.36. The third kappa shape index (κ3) is 1.04. The predicted octanol–water partition coefficient (Wildman–Crippen LogP) is 4.02. The molecule has 0 saturated carbocycles. The molecule has 0 aliphatic carbocycles. The first-order valence-electron chi connectivity index (χ1n) is 2.60. The van der Waals surface area contributed by atoms with E-state index in [1.807, 2.05) is 12.1 Å². The Labute approximate surface area is 78.3 Å². The van der Waals surface area contributed by atoms with Crippen LogP contribution in [0.1, 0.15) is 0 Å². The molecule has 0 atom stereocenters. The molecule has 0 bridgehead atoms. The Morgan fingerprint density at radius 2 is 2.10 bits per heavy atom. The highest BCUT2D eigenvalue weighted by molar-refractivity contribution is 9.11. The fraction of sp³-hybridized carbons (Fsp3) is 0. The molecule has 0 aliphatic rings. The third-order valence-electron chi connectivity index (χ3n) is 1.15. The zero-order chi connectivity index (χ0) is 7.14. The number of halogens is 2. The minimum Gasteiger partial charge on any atom is -0.448 e. The van der Waals surface area contributed by atoms with Gasteiger partial charge in [-0.2, -0.15) is 0 Å². The SMILES string of the molecule is Brc1cc2sc(Br)cc2o1. The smallest absolute Gasteiger partial charge is 0.171 e. The second-order valence-corrected chi connectivity index (χ2v) is 5.07. The Bertz CT molecular complexity index is 300. The average Bonchev–Trinajstić information content (AvgIpc) is 2.21. The summed E-state index contributed by atoms with van der Waals surface area (Å²) in [6.07, 6.45) is 0. The van der Waals surface area contributed by atoms with E-state index in [2.05, 4.69) is 31.9 Å². The zero-order valence-electron chi connectivity index (χ0n) is 4.73. The molecule has 2 rings (SSSR count). The predicted molar refractivity (Wildman–Crippen MR) is 49.5 cm³/mol. The molecule has 0 saturated heterocycles. The van der Waals surface area contributed by atoms with Crippen LogP contribution in [0.2, 0.25) is 0 Å². The maximum Gasteiger partial charge on any atom is 0.171 e. The number of rotatable bonds is 0. The topological polar surface area (TPSA) is 13.1 Å². The van der Waals surface area contributed by atoms with Crippen molar-refractivity contribution in [2.24, 2.45) is 0 Å². The van der Waals surface area contributed by atoms with Crippen molar-refractivity contribution in [3.63, 3.8) is 0 Å². The lowest BCUT2D eigenvalue weighted by Crippen LogP contribution is -1.43. The maximum atomic E-state index is 5.29. The molecule has 52 valence electrons. The summed E-state index contributed by atoms with van der Waals surface area (Å²) in [5, 5.41) is 0. The van der Waals surface area contributed by atoms with Gasteiger partial charge in [-0.05, 0) is 31.9 Å². The van der Waals surface area contributed by atoms with Gasteiger partial charge in [0.1, 0.15) is 5.58 Å². The number of thiophene rings is 1. The van der Waals surface area contributed by atoms with Crippen LogP contribution in [-0.4, -0.2) is 0 Å². The van der Waals surface area contributed by atoms with E-state index in [0.717, 1.165) is 14.0 Å².